The number of hydrogen-bond donors (Lipinski definition) is 2. The van der Waals surface area contributed by atoms with Crippen LogP contribution in [0, 0.1) is 0 Å². The number of benzene rings is 1. The molecule has 0 bridgehead atoms. The molecule has 1 aliphatic rings. The third kappa shape index (κ3) is 3.76. The van der Waals surface area contributed by atoms with Gasteiger partial charge in [-0.3, -0.25) is 0 Å². The summed E-state index contributed by atoms with van der Waals surface area (Å²) in [6, 6.07) is 7.36. The standard InChI is InChI=1S/C18H29NO/c1-12(2)14-5-10-18(17(11-14)13(3)4)19-15-6-8-16(20)9-7-15/h5,10-13,15-16,19-20H,6-9H2,1-4H3. The Hall–Kier alpha value is -1.02. The van der Waals surface area contributed by atoms with Crippen molar-refractivity contribution in [2.24, 2.45) is 0 Å². The number of aliphatic hydroxyl groups is 1. The molecule has 0 radical (unpaired) electrons. The van der Waals surface area contributed by atoms with Crippen LogP contribution in [0.4, 0.5) is 5.69 Å². The number of anilines is 1. The van der Waals surface area contributed by atoms with E-state index in [9.17, 15) is 5.11 Å². The van der Waals surface area contributed by atoms with Crippen LogP contribution < -0.4 is 5.32 Å². The molecule has 0 heterocycles. The second-order valence-corrected chi connectivity index (χ2v) is 6.81. The third-order valence-corrected chi connectivity index (χ3v) is 4.42. The zero-order chi connectivity index (χ0) is 14.7. The highest BCUT2D eigenvalue weighted by Gasteiger charge is 2.20. The highest BCUT2D eigenvalue weighted by Crippen LogP contribution is 2.30. The summed E-state index contributed by atoms with van der Waals surface area (Å²) < 4.78 is 0. The molecule has 0 unspecified atom stereocenters. The predicted molar refractivity (Wildman–Crippen MR) is 86.5 cm³/mol. The lowest BCUT2D eigenvalue weighted by Crippen LogP contribution is -2.28. The van der Waals surface area contributed by atoms with Crippen LogP contribution >= 0.6 is 0 Å². The summed E-state index contributed by atoms with van der Waals surface area (Å²) in [4.78, 5) is 0. The first-order chi connectivity index (χ1) is 9.47. The SMILES string of the molecule is CC(C)c1ccc(NC2CCC(O)CC2)c(C(C)C)c1. The van der Waals surface area contributed by atoms with E-state index in [4.69, 9.17) is 0 Å². The molecule has 1 aromatic rings. The van der Waals surface area contributed by atoms with Crippen molar-refractivity contribution in [1.82, 2.24) is 0 Å². The summed E-state index contributed by atoms with van der Waals surface area (Å²) in [7, 11) is 0. The highest BCUT2D eigenvalue weighted by atomic mass is 16.3. The van der Waals surface area contributed by atoms with Gasteiger partial charge in [-0.25, -0.2) is 0 Å². The Morgan fingerprint density at radius 2 is 1.65 bits per heavy atom. The Morgan fingerprint density at radius 3 is 2.20 bits per heavy atom. The van der Waals surface area contributed by atoms with Gasteiger partial charge in [-0.15, -0.1) is 0 Å². The minimum absolute atomic E-state index is 0.0825. The Morgan fingerprint density at radius 1 is 1.00 bits per heavy atom. The van der Waals surface area contributed by atoms with Gasteiger partial charge >= 0.3 is 0 Å². The van der Waals surface area contributed by atoms with E-state index in [2.05, 4.69) is 51.2 Å². The van der Waals surface area contributed by atoms with E-state index in [1.807, 2.05) is 0 Å². The summed E-state index contributed by atoms with van der Waals surface area (Å²) in [5.74, 6) is 1.11. The molecule has 0 amide bonds. The van der Waals surface area contributed by atoms with Gasteiger partial charge in [-0.2, -0.15) is 0 Å². The number of aliphatic hydroxyl groups excluding tert-OH is 1. The molecule has 1 aliphatic carbocycles. The van der Waals surface area contributed by atoms with Gasteiger partial charge in [0.2, 0.25) is 0 Å². The van der Waals surface area contributed by atoms with Crippen LogP contribution in [0.1, 0.15) is 76.3 Å². The molecule has 2 heteroatoms. The lowest BCUT2D eigenvalue weighted by molar-refractivity contribution is 0.126. The Balaban J connectivity index is 2.14. The average Bonchev–Trinajstić information content (AvgIpc) is 2.41. The first kappa shape index (κ1) is 15.4. The van der Waals surface area contributed by atoms with Gasteiger partial charge in [0.1, 0.15) is 0 Å². The number of nitrogens with one attached hydrogen (secondary N) is 1. The minimum atomic E-state index is -0.0825. The molecule has 0 atom stereocenters. The summed E-state index contributed by atoms with van der Waals surface area (Å²) in [6.07, 6.45) is 3.92. The normalized spacial score (nSPS) is 23.4. The van der Waals surface area contributed by atoms with E-state index in [1.165, 1.54) is 16.8 Å². The van der Waals surface area contributed by atoms with Crippen LogP contribution in [0.25, 0.3) is 0 Å². The molecule has 0 saturated heterocycles. The van der Waals surface area contributed by atoms with Crippen LogP contribution in [0.2, 0.25) is 0 Å². The van der Waals surface area contributed by atoms with Gasteiger partial charge in [-0.1, -0.05) is 39.8 Å². The fraction of sp³-hybridized carbons (Fsp3) is 0.667. The molecule has 2 N–H and O–H groups in total. The highest BCUT2D eigenvalue weighted by molar-refractivity contribution is 5.55. The van der Waals surface area contributed by atoms with Crippen LogP contribution in [0.3, 0.4) is 0 Å². The molecule has 2 nitrogen and oxygen atoms in total. The summed E-state index contributed by atoms with van der Waals surface area (Å²) in [5.41, 5.74) is 4.12. The van der Waals surface area contributed by atoms with Crippen molar-refractivity contribution in [2.45, 2.75) is 77.4 Å². The molecular weight excluding hydrogens is 246 g/mol. The van der Waals surface area contributed by atoms with Gasteiger partial charge in [0.15, 0.2) is 0 Å². The number of rotatable bonds is 4. The molecule has 0 aliphatic heterocycles. The topological polar surface area (TPSA) is 32.3 Å². The monoisotopic (exact) mass is 275 g/mol. The van der Waals surface area contributed by atoms with Crippen LogP contribution in [-0.2, 0) is 0 Å². The van der Waals surface area contributed by atoms with Crippen molar-refractivity contribution in [3.05, 3.63) is 29.3 Å². The predicted octanol–water partition coefficient (Wildman–Crippen LogP) is 4.65. The fourth-order valence-electron chi connectivity index (χ4n) is 2.99. The van der Waals surface area contributed by atoms with E-state index < -0.39 is 0 Å². The van der Waals surface area contributed by atoms with E-state index >= 15 is 0 Å². The van der Waals surface area contributed by atoms with Crippen molar-refractivity contribution in [2.75, 3.05) is 5.32 Å². The zero-order valence-corrected chi connectivity index (χ0v) is 13.3. The maximum atomic E-state index is 9.61. The van der Waals surface area contributed by atoms with E-state index in [0.29, 0.717) is 17.9 Å². The second-order valence-electron chi connectivity index (χ2n) is 6.81. The maximum Gasteiger partial charge on any atom is 0.0541 e. The van der Waals surface area contributed by atoms with Crippen LogP contribution in [0.15, 0.2) is 18.2 Å². The summed E-state index contributed by atoms with van der Waals surface area (Å²) in [5, 5.41) is 13.3. The molecular formula is C18H29NO. The molecule has 20 heavy (non-hydrogen) atoms. The first-order valence-electron chi connectivity index (χ1n) is 8.05. The quantitative estimate of drug-likeness (QED) is 0.838. The fourth-order valence-corrected chi connectivity index (χ4v) is 2.99. The Kier molecular flexibility index (Phi) is 5.09. The lowest BCUT2D eigenvalue weighted by Gasteiger charge is -2.29. The van der Waals surface area contributed by atoms with E-state index in [0.717, 1.165) is 25.7 Å². The van der Waals surface area contributed by atoms with Gasteiger partial charge in [0, 0.05) is 11.7 Å². The minimum Gasteiger partial charge on any atom is -0.393 e. The lowest BCUT2D eigenvalue weighted by atomic mass is 9.91. The first-order valence-corrected chi connectivity index (χ1v) is 8.05. The summed E-state index contributed by atoms with van der Waals surface area (Å²) >= 11 is 0. The number of hydrogen-bond acceptors (Lipinski definition) is 2. The van der Waals surface area contributed by atoms with Crippen molar-refractivity contribution in [1.29, 1.82) is 0 Å². The largest absolute Gasteiger partial charge is 0.393 e. The average molecular weight is 275 g/mol. The molecule has 0 aromatic heterocycles. The van der Waals surface area contributed by atoms with E-state index in [1.54, 1.807) is 0 Å². The summed E-state index contributed by atoms with van der Waals surface area (Å²) in [6.45, 7) is 9.01. The molecule has 1 aromatic carbocycles. The Labute approximate surface area is 123 Å². The van der Waals surface area contributed by atoms with Crippen LogP contribution in [-0.4, -0.2) is 17.3 Å². The second kappa shape index (κ2) is 6.62. The molecule has 2 rings (SSSR count). The molecule has 1 saturated carbocycles. The van der Waals surface area contributed by atoms with Crippen molar-refractivity contribution >= 4 is 5.69 Å². The smallest absolute Gasteiger partial charge is 0.0541 e. The van der Waals surface area contributed by atoms with Crippen molar-refractivity contribution < 1.29 is 5.11 Å². The van der Waals surface area contributed by atoms with Crippen molar-refractivity contribution in [3.8, 4) is 0 Å². The Bertz CT molecular complexity index is 431. The van der Waals surface area contributed by atoms with Crippen LogP contribution in [0.5, 0.6) is 0 Å². The van der Waals surface area contributed by atoms with Gasteiger partial charge < -0.3 is 10.4 Å². The molecule has 112 valence electrons. The van der Waals surface area contributed by atoms with E-state index in [-0.39, 0.29) is 6.10 Å². The van der Waals surface area contributed by atoms with Gasteiger partial charge in [0.05, 0.1) is 6.10 Å². The van der Waals surface area contributed by atoms with Gasteiger partial charge in [0.25, 0.3) is 0 Å². The molecule has 1 fully saturated rings. The van der Waals surface area contributed by atoms with Gasteiger partial charge in [-0.05, 0) is 54.7 Å². The zero-order valence-electron chi connectivity index (χ0n) is 13.3. The van der Waals surface area contributed by atoms with Crippen molar-refractivity contribution in [3.63, 3.8) is 0 Å². The third-order valence-electron chi connectivity index (χ3n) is 4.42. The molecule has 0 spiro atoms. The maximum absolute atomic E-state index is 9.61.